The molecule has 1 atom stereocenters. The molecule has 1 aliphatic heterocycles. The number of hydrogen-bond donors (Lipinski definition) is 1. The Labute approximate surface area is 229 Å². The maximum atomic E-state index is 13.5. The number of Topliss-reactive ketones (excluding diaryl/α,β-unsaturated/α-hetero) is 1. The molecule has 204 valence electrons. The molecule has 0 saturated carbocycles. The number of amides is 1. The Morgan fingerprint density at radius 1 is 1.00 bits per heavy atom. The number of carbonyl (C=O) groups excluding carboxylic acids is 2. The number of rotatable bonds is 7. The van der Waals surface area contributed by atoms with Gasteiger partial charge in [0.2, 0.25) is 0 Å². The third-order valence-corrected chi connectivity index (χ3v) is 7.02. The molecule has 3 aromatic carbocycles. The minimum atomic E-state index is -0.781. The smallest absolute Gasteiger partial charge is 0.295 e. The van der Waals surface area contributed by atoms with Crippen molar-refractivity contribution in [2.45, 2.75) is 65.5 Å². The molecule has 0 aliphatic carbocycles. The predicted molar refractivity (Wildman–Crippen MR) is 151 cm³/mol. The number of aryl methyl sites for hydroxylation is 1. The third-order valence-electron chi connectivity index (χ3n) is 7.02. The van der Waals surface area contributed by atoms with E-state index in [1.165, 1.54) is 17.0 Å². The molecule has 0 bridgehead atoms. The number of carbonyl (C=O) groups is 2. The van der Waals surface area contributed by atoms with Gasteiger partial charge in [-0.25, -0.2) is 4.39 Å². The van der Waals surface area contributed by atoms with Crippen molar-refractivity contribution in [3.05, 3.63) is 106 Å². The van der Waals surface area contributed by atoms with Crippen molar-refractivity contribution in [2.24, 2.45) is 0 Å². The van der Waals surface area contributed by atoms with Crippen LogP contribution in [0.4, 0.5) is 4.39 Å². The Bertz CT molecular complexity index is 1400. The highest BCUT2D eigenvalue weighted by Gasteiger charge is 2.46. The largest absolute Gasteiger partial charge is 0.507 e. The predicted octanol–water partition coefficient (Wildman–Crippen LogP) is 6.88. The van der Waals surface area contributed by atoms with Crippen LogP contribution in [0, 0.1) is 12.7 Å². The zero-order chi connectivity index (χ0) is 28.5. The van der Waals surface area contributed by atoms with Crippen molar-refractivity contribution in [1.82, 2.24) is 4.90 Å². The molecular weight excluding hydrogens is 493 g/mol. The molecule has 0 aromatic heterocycles. The molecule has 1 heterocycles. The fourth-order valence-corrected chi connectivity index (χ4v) is 4.85. The highest BCUT2D eigenvalue weighted by atomic mass is 19.1. The number of halogens is 1. The first-order valence-corrected chi connectivity index (χ1v) is 13.3. The van der Waals surface area contributed by atoms with E-state index >= 15 is 0 Å². The van der Waals surface area contributed by atoms with Crippen molar-refractivity contribution in [1.29, 1.82) is 0 Å². The van der Waals surface area contributed by atoms with Gasteiger partial charge in [0.1, 0.15) is 17.3 Å². The van der Waals surface area contributed by atoms with Crippen molar-refractivity contribution in [3.8, 4) is 5.75 Å². The van der Waals surface area contributed by atoms with E-state index in [0.29, 0.717) is 23.3 Å². The average molecular weight is 530 g/mol. The van der Waals surface area contributed by atoms with Crippen LogP contribution in [0.5, 0.6) is 5.75 Å². The summed E-state index contributed by atoms with van der Waals surface area (Å²) in [6.45, 7) is 12.2. The number of hydrogen-bond acceptors (Lipinski definition) is 4. The van der Waals surface area contributed by atoms with Gasteiger partial charge in [-0.2, -0.15) is 0 Å². The number of aliphatic hydroxyl groups is 1. The molecule has 4 rings (SSSR count). The van der Waals surface area contributed by atoms with E-state index in [1.54, 1.807) is 24.3 Å². The summed E-state index contributed by atoms with van der Waals surface area (Å²) in [6.07, 6.45) is 0.423. The van der Waals surface area contributed by atoms with Crippen LogP contribution >= 0.6 is 0 Å². The normalized spacial score (nSPS) is 17.2. The minimum Gasteiger partial charge on any atom is -0.507 e. The van der Waals surface area contributed by atoms with E-state index in [2.05, 4.69) is 20.8 Å². The highest BCUT2D eigenvalue weighted by molar-refractivity contribution is 6.46. The number of ether oxygens (including phenoxy) is 1. The van der Waals surface area contributed by atoms with Crippen LogP contribution in [-0.2, 0) is 21.4 Å². The monoisotopic (exact) mass is 529 g/mol. The van der Waals surface area contributed by atoms with Crippen LogP contribution in [0.15, 0.2) is 72.3 Å². The Balaban J connectivity index is 1.82. The molecule has 1 amide bonds. The molecule has 1 aliphatic rings. The van der Waals surface area contributed by atoms with Crippen LogP contribution < -0.4 is 4.74 Å². The van der Waals surface area contributed by atoms with Crippen LogP contribution in [0.25, 0.3) is 5.76 Å². The molecule has 1 unspecified atom stereocenters. The Hall–Kier alpha value is -3.93. The molecule has 1 saturated heterocycles. The maximum absolute atomic E-state index is 13.5. The number of benzene rings is 3. The number of aliphatic hydroxyl groups excluding tert-OH is 1. The van der Waals surface area contributed by atoms with Crippen LogP contribution in [0.2, 0.25) is 0 Å². The second kappa shape index (κ2) is 11.0. The van der Waals surface area contributed by atoms with E-state index in [9.17, 15) is 19.1 Å². The van der Waals surface area contributed by atoms with Crippen molar-refractivity contribution >= 4 is 17.4 Å². The molecule has 6 heteroatoms. The second-order valence-corrected chi connectivity index (χ2v) is 11.4. The van der Waals surface area contributed by atoms with Gasteiger partial charge in [0.25, 0.3) is 11.7 Å². The highest BCUT2D eigenvalue weighted by Crippen LogP contribution is 2.41. The van der Waals surface area contributed by atoms with Crippen molar-refractivity contribution < 1.29 is 23.8 Å². The minimum absolute atomic E-state index is 0.00439. The van der Waals surface area contributed by atoms with Crippen molar-refractivity contribution in [2.75, 3.05) is 6.54 Å². The van der Waals surface area contributed by atoms with Crippen LogP contribution in [-0.4, -0.2) is 34.3 Å². The summed E-state index contributed by atoms with van der Waals surface area (Å²) < 4.78 is 19.2. The molecule has 1 fully saturated rings. The molecule has 3 aromatic rings. The van der Waals surface area contributed by atoms with Gasteiger partial charge in [-0.15, -0.1) is 0 Å². The van der Waals surface area contributed by atoms with E-state index in [0.717, 1.165) is 16.7 Å². The summed E-state index contributed by atoms with van der Waals surface area (Å²) in [5, 5.41) is 11.6. The molecule has 0 spiro atoms. The van der Waals surface area contributed by atoms with Gasteiger partial charge in [0, 0.05) is 12.1 Å². The lowest BCUT2D eigenvalue weighted by atomic mass is 9.84. The average Bonchev–Trinajstić information content (AvgIpc) is 3.12. The van der Waals surface area contributed by atoms with Gasteiger partial charge in [0.05, 0.1) is 17.7 Å². The molecule has 0 radical (unpaired) electrons. The summed E-state index contributed by atoms with van der Waals surface area (Å²) in [5.74, 6) is -1.24. The van der Waals surface area contributed by atoms with E-state index in [1.807, 2.05) is 51.1 Å². The lowest BCUT2D eigenvalue weighted by Crippen LogP contribution is -2.31. The molecular formula is C33H36FNO4. The lowest BCUT2D eigenvalue weighted by Gasteiger charge is -2.26. The first-order chi connectivity index (χ1) is 18.4. The summed E-state index contributed by atoms with van der Waals surface area (Å²) in [7, 11) is 0. The van der Waals surface area contributed by atoms with Gasteiger partial charge in [0.15, 0.2) is 0 Å². The third kappa shape index (κ3) is 6.06. The van der Waals surface area contributed by atoms with Crippen molar-refractivity contribution in [3.63, 3.8) is 0 Å². The standard InChI is InChI=1S/C33H36FNO4/c1-20(2)39-26-15-10-23(11-16-26)29-28(30(36)27-19-24(33(4,5)6)12-7-21(27)3)31(37)32(38)35(29)18-17-22-8-13-25(34)14-9-22/h7-16,19-20,29,36H,17-18H2,1-6H3/b30-28+. The van der Waals surface area contributed by atoms with E-state index in [-0.39, 0.29) is 35.2 Å². The topological polar surface area (TPSA) is 66.8 Å². The van der Waals surface area contributed by atoms with Crippen LogP contribution in [0.1, 0.15) is 68.5 Å². The summed E-state index contributed by atoms with van der Waals surface area (Å²) in [5.41, 5.74) is 3.76. The first kappa shape index (κ1) is 28.1. The maximum Gasteiger partial charge on any atom is 0.295 e. The van der Waals surface area contributed by atoms with Gasteiger partial charge in [-0.05, 0) is 85.2 Å². The van der Waals surface area contributed by atoms with Gasteiger partial charge < -0.3 is 14.7 Å². The first-order valence-electron chi connectivity index (χ1n) is 13.3. The lowest BCUT2D eigenvalue weighted by molar-refractivity contribution is -0.139. The quantitative estimate of drug-likeness (QED) is 0.206. The summed E-state index contributed by atoms with van der Waals surface area (Å²) >= 11 is 0. The SMILES string of the molecule is Cc1ccc(C(C)(C)C)cc1/C(O)=C1\C(=O)C(=O)N(CCc2ccc(F)cc2)C1c1ccc(OC(C)C)cc1. The van der Waals surface area contributed by atoms with Crippen LogP contribution in [0.3, 0.4) is 0 Å². The Morgan fingerprint density at radius 2 is 1.64 bits per heavy atom. The number of nitrogens with zero attached hydrogens (tertiary/aromatic N) is 1. The number of likely N-dealkylation sites (tertiary alicyclic amines) is 1. The van der Waals surface area contributed by atoms with E-state index < -0.39 is 17.7 Å². The van der Waals surface area contributed by atoms with Gasteiger partial charge in [-0.3, -0.25) is 9.59 Å². The summed E-state index contributed by atoms with van der Waals surface area (Å²) in [6, 6.07) is 18.4. The van der Waals surface area contributed by atoms with E-state index in [4.69, 9.17) is 4.74 Å². The van der Waals surface area contributed by atoms with Gasteiger partial charge in [-0.1, -0.05) is 57.2 Å². The molecule has 1 N–H and O–H groups in total. The zero-order valence-electron chi connectivity index (χ0n) is 23.4. The fraction of sp³-hybridized carbons (Fsp3) is 0.333. The fourth-order valence-electron chi connectivity index (χ4n) is 4.85. The molecule has 39 heavy (non-hydrogen) atoms. The Morgan fingerprint density at radius 3 is 2.23 bits per heavy atom. The van der Waals surface area contributed by atoms with Gasteiger partial charge >= 0.3 is 0 Å². The number of ketones is 1. The second-order valence-electron chi connectivity index (χ2n) is 11.4. The Kier molecular flexibility index (Phi) is 7.96. The summed E-state index contributed by atoms with van der Waals surface area (Å²) in [4.78, 5) is 28.4. The zero-order valence-corrected chi connectivity index (χ0v) is 23.4. The molecule has 5 nitrogen and oxygen atoms in total.